The van der Waals surface area contributed by atoms with Crippen molar-refractivity contribution in [3.8, 4) is 0 Å². The van der Waals surface area contributed by atoms with Crippen molar-refractivity contribution in [1.82, 2.24) is 10.2 Å². The molecule has 0 heterocycles. The van der Waals surface area contributed by atoms with Crippen molar-refractivity contribution >= 4 is 29.3 Å². The average Bonchev–Trinajstić information content (AvgIpc) is 2.30. The highest BCUT2D eigenvalue weighted by Gasteiger charge is 2.12. The molecule has 1 atom stereocenters. The summed E-state index contributed by atoms with van der Waals surface area (Å²) in [5.41, 5.74) is 0.326. The van der Waals surface area contributed by atoms with Crippen molar-refractivity contribution in [2.45, 2.75) is 13.0 Å². The lowest BCUT2D eigenvalue weighted by Gasteiger charge is -2.18. The lowest BCUT2D eigenvalue weighted by molar-refractivity contribution is 0.0697. The minimum Gasteiger partial charge on any atom is -0.478 e. The van der Waals surface area contributed by atoms with Crippen molar-refractivity contribution in [2.75, 3.05) is 26.0 Å². The summed E-state index contributed by atoms with van der Waals surface area (Å²) in [5, 5.41) is 14.5. The van der Waals surface area contributed by atoms with Gasteiger partial charge >= 0.3 is 12.0 Å². The van der Waals surface area contributed by atoms with Gasteiger partial charge in [-0.2, -0.15) is 0 Å². The van der Waals surface area contributed by atoms with E-state index in [-0.39, 0.29) is 22.3 Å². The Bertz CT molecular complexity index is 506. The summed E-state index contributed by atoms with van der Waals surface area (Å²) in [6.45, 7) is 2.56. The SMILES string of the molecule is CC(CN(C)C)NC(=O)Nc1cc(C(=O)O)ccc1Cl. The van der Waals surface area contributed by atoms with E-state index in [4.69, 9.17) is 16.7 Å². The number of urea groups is 1. The van der Waals surface area contributed by atoms with Crippen LogP contribution < -0.4 is 10.6 Å². The van der Waals surface area contributed by atoms with Crippen LogP contribution >= 0.6 is 11.6 Å². The molecule has 0 bridgehead atoms. The fourth-order valence-corrected chi connectivity index (χ4v) is 1.89. The van der Waals surface area contributed by atoms with Crippen LogP contribution in [-0.4, -0.2) is 48.7 Å². The van der Waals surface area contributed by atoms with E-state index in [2.05, 4.69) is 10.6 Å². The molecule has 1 unspecified atom stereocenters. The van der Waals surface area contributed by atoms with Crippen LogP contribution in [0.2, 0.25) is 5.02 Å². The number of hydrogen-bond acceptors (Lipinski definition) is 3. The van der Waals surface area contributed by atoms with Crippen LogP contribution in [0.4, 0.5) is 10.5 Å². The van der Waals surface area contributed by atoms with Crippen LogP contribution in [0.3, 0.4) is 0 Å². The second kappa shape index (κ2) is 7.12. The standard InChI is InChI=1S/C13H18ClN3O3/c1-8(7-17(2)3)15-13(20)16-11-6-9(12(18)19)4-5-10(11)14/h4-6,8H,7H2,1-3H3,(H,18,19)(H2,15,16,20). The van der Waals surface area contributed by atoms with Crippen LogP contribution in [0.25, 0.3) is 0 Å². The van der Waals surface area contributed by atoms with E-state index in [0.717, 1.165) is 0 Å². The Kier molecular flexibility index (Phi) is 5.79. The van der Waals surface area contributed by atoms with Gasteiger partial charge in [-0.1, -0.05) is 11.6 Å². The van der Waals surface area contributed by atoms with Crippen LogP contribution in [0.1, 0.15) is 17.3 Å². The normalized spacial score (nSPS) is 12.1. The number of nitrogens with one attached hydrogen (secondary N) is 2. The average molecular weight is 300 g/mol. The summed E-state index contributed by atoms with van der Waals surface area (Å²) < 4.78 is 0. The Morgan fingerprint density at radius 1 is 1.40 bits per heavy atom. The van der Waals surface area contributed by atoms with E-state index in [1.165, 1.54) is 18.2 Å². The first-order valence-corrected chi connectivity index (χ1v) is 6.42. The number of aromatic carboxylic acids is 1. The Labute approximate surface area is 122 Å². The van der Waals surface area contributed by atoms with E-state index in [9.17, 15) is 9.59 Å². The van der Waals surface area contributed by atoms with Gasteiger partial charge in [-0.3, -0.25) is 0 Å². The van der Waals surface area contributed by atoms with Crippen molar-refractivity contribution < 1.29 is 14.7 Å². The molecular weight excluding hydrogens is 282 g/mol. The summed E-state index contributed by atoms with van der Waals surface area (Å²) in [6.07, 6.45) is 0. The largest absolute Gasteiger partial charge is 0.478 e. The number of halogens is 1. The first-order chi connectivity index (χ1) is 9.29. The van der Waals surface area contributed by atoms with Crippen LogP contribution in [0, 0.1) is 0 Å². The minimum absolute atomic E-state index is 0.0496. The Morgan fingerprint density at radius 2 is 2.05 bits per heavy atom. The summed E-state index contributed by atoms with van der Waals surface area (Å²) in [7, 11) is 3.81. The molecular formula is C13H18ClN3O3. The predicted molar refractivity (Wildman–Crippen MR) is 78.6 cm³/mol. The zero-order chi connectivity index (χ0) is 15.3. The number of benzene rings is 1. The summed E-state index contributed by atoms with van der Waals surface area (Å²) in [5.74, 6) is -1.08. The molecule has 0 saturated carbocycles. The molecule has 0 aromatic heterocycles. The maximum absolute atomic E-state index is 11.8. The van der Waals surface area contributed by atoms with Crippen LogP contribution in [-0.2, 0) is 0 Å². The number of hydrogen-bond donors (Lipinski definition) is 3. The van der Waals surface area contributed by atoms with Gasteiger partial charge in [-0.25, -0.2) is 9.59 Å². The van der Waals surface area contributed by atoms with Gasteiger partial charge in [-0.05, 0) is 39.2 Å². The topological polar surface area (TPSA) is 81.7 Å². The number of carbonyl (C=O) groups excluding carboxylic acids is 1. The molecule has 1 rings (SSSR count). The molecule has 20 heavy (non-hydrogen) atoms. The fourth-order valence-electron chi connectivity index (χ4n) is 1.73. The first-order valence-electron chi connectivity index (χ1n) is 6.04. The van der Waals surface area contributed by atoms with Gasteiger partial charge < -0.3 is 20.6 Å². The smallest absolute Gasteiger partial charge is 0.335 e. The number of nitrogens with zero attached hydrogens (tertiary/aromatic N) is 1. The van der Waals surface area contributed by atoms with E-state index in [1.54, 1.807) is 0 Å². The number of likely N-dealkylation sites (N-methyl/N-ethyl adjacent to an activating group) is 1. The highest BCUT2D eigenvalue weighted by atomic mass is 35.5. The molecule has 7 heteroatoms. The third-order valence-corrected chi connectivity index (χ3v) is 2.81. The zero-order valence-corrected chi connectivity index (χ0v) is 12.4. The van der Waals surface area contributed by atoms with E-state index >= 15 is 0 Å². The second-order valence-electron chi connectivity index (χ2n) is 4.76. The number of anilines is 1. The molecule has 0 aliphatic rings. The van der Waals surface area contributed by atoms with Crippen LogP contribution in [0.15, 0.2) is 18.2 Å². The van der Waals surface area contributed by atoms with Crippen molar-refractivity contribution in [3.05, 3.63) is 28.8 Å². The molecule has 0 spiro atoms. The molecule has 0 fully saturated rings. The van der Waals surface area contributed by atoms with E-state index in [0.29, 0.717) is 6.54 Å². The lowest BCUT2D eigenvalue weighted by Crippen LogP contribution is -2.41. The summed E-state index contributed by atoms with van der Waals surface area (Å²) >= 11 is 5.92. The third-order valence-electron chi connectivity index (χ3n) is 2.48. The van der Waals surface area contributed by atoms with E-state index < -0.39 is 12.0 Å². The van der Waals surface area contributed by atoms with E-state index in [1.807, 2.05) is 25.9 Å². The number of amides is 2. The lowest BCUT2D eigenvalue weighted by atomic mass is 10.2. The van der Waals surface area contributed by atoms with Gasteiger partial charge in [0.05, 0.1) is 16.3 Å². The highest BCUT2D eigenvalue weighted by Crippen LogP contribution is 2.23. The third kappa shape index (κ3) is 5.07. The maximum Gasteiger partial charge on any atom is 0.335 e. The van der Waals surface area contributed by atoms with Crippen molar-refractivity contribution in [1.29, 1.82) is 0 Å². The Balaban J connectivity index is 2.70. The summed E-state index contributed by atoms with van der Waals surface area (Å²) in [6, 6.07) is 3.66. The molecule has 0 radical (unpaired) electrons. The van der Waals surface area contributed by atoms with Gasteiger partial charge in [0.25, 0.3) is 0 Å². The van der Waals surface area contributed by atoms with Gasteiger partial charge in [0.15, 0.2) is 0 Å². The fraction of sp³-hybridized carbons (Fsp3) is 0.385. The first kappa shape index (κ1) is 16.3. The number of carboxylic acid groups (broad SMARTS) is 1. The maximum atomic E-state index is 11.8. The van der Waals surface area contributed by atoms with Gasteiger partial charge in [0.1, 0.15) is 0 Å². The van der Waals surface area contributed by atoms with Gasteiger partial charge in [0.2, 0.25) is 0 Å². The molecule has 1 aromatic rings. The van der Waals surface area contributed by atoms with Gasteiger partial charge in [0, 0.05) is 12.6 Å². The summed E-state index contributed by atoms with van der Waals surface area (Å²) in [4.78, 5) is 24.6. The predicted octanol–water partition coefficient (Wildman–Crippen LogP) is 2.11. The molecule has 6 nitrogen and oxygen atoms in total. The van der Waals surface area contributed by atoms with Crippen LogP contribution in [0.5, 0.6) is 0 Å². The Hall–Kier alpha value is -1.79. The molecule has 0 aliphatic carbocycles. The quantitative estimate of drug-likeness (QED) is 0.778. The zero-order valence-electron chi connectivity index (χ0n) is 11.6. The second-order valence-corrected chi connectivity index (χ2v) is 5.17. The number of carboxylic acids is 1. The highest BCUT2D eigenvalue weighted by molar-refractivity contribution is 6.33. The molecule has 0 aliphatic heterocycles. The molecule has 110 valence electrons. The molecule has 2 amide bonds. The number of rotatable bonds is 5. The molecule has 3 N–H and O–H groups in total. The van der Waals surface area contributed by atoms with Gasteiger partial charge in [-0.15, -0.1) is 0 Å². The molecule has 0 saturated heterocycles. The number of carbonyl (C=O) groups is 2. The van der Waals surface area contributed by atoms with Crippen molar-refractivity contribution in [2.24, 2.45) is 0 Å². The monoisotopic (exact) mass is 299 g/mol. The Morgan fingerprint density at radius 3 is 2.60 bits per heavy atom. The molecule has 1 aromatic carbocycles. The minimum atomic E-state index is -1.08. The van der Waals surface area contributed by atoms with Crippen molar-refractivity contribution in [3.63, 3.8) is 0 Å².